The van der Waals surface area contributed by atoms with Crippen LogP contribution >= 0.6 is 0 Å². The maximum Gasteiger partial charge on any atom is 0.326 e. The SMILES string of the molecule is O=C(c1[nH]c(=O)n([C@H]2CCCC[C@@H]2O)c1-c1ccccc1)N1CCNC[C@H]1Cc1ccccc1. The second kappa shape index (κ2) is 9.99. The smallest absolute Gasteiger partial charge is 0.326 e. The summed E-state index contributed by atoms with van der Waals surface area (Å²) in [4.78, 5) is 32.0. The lowest BCUT2D eigenvalue weighted by atomic mass is 9.92. The third-order valence-corrected chi connectivity index (χ3v) is 7.14. The summed E-state index contributed by atoms with van der Waals surface area (Å²) in [5, 5.41) is 14.2. The number of aromatic nitrogens is 2. The van der Waals surface area contributed by atoms with Gasteiger partial charge in [-0.2, -0.15) is 0 Å². The number of aliphatic hydroxyl groups is 1. The van der Waals surface area contributed by atoms with Gasteiger partial charge in [-0.25, -0.2) is 4.79 Å². The number of aliphatic hydroxyl groups excluding tert-OH is 1. The fourth-order valence-corrected chi connectivity index (χ4v) is 5.43. The van der Waals surface area contributed by atoms with E-state index in [-0.39, 0.29) is 23.7 Å². The molecule has 0 spiro atoms. The largest absolute Gasteiger partial charge is 0.391 e. The number of benzene rings is 2. The van der Waals surface area contributed by atoms with Crippen molar-refractivity contribution in [3.63, 3.8) is 0 Å². The minimum Gasteiger partial charge on any atom is -0.391 e. The number of amides is 1. The predicted molar refractivity (Wildman–Crippen MR) is 132 cm³/mol. The Hall–Kier alpha value is -3.16. The van der Waals surface area contributed by atoms with E-state index in [4.69, 9.17) is 0 Å². The van der Waals surface area contributed by atoms with Crippen LogP contribution in [0.4, 0.5) is 0 Å². The van der Waals surface area contributed by atoms with Crippen molar-refractivity contribution >= 4 is 5.91 Å². The van der Waals surface area contributed by atoms with Crippen LogP contribution in [0.2, 0.25) is 0 Å². The van der Waals surface area contributed by atoms with Crippen LogP contribution in [-0.4, -0.2) is 57.2 Å². The monoisotopic (exact) mass is 460 g/mol. The molecular formula is C27H32N4O3. The molecule has 5 rings (SSSR count). The van der Waals surface area contributed by atoms with Crippen molar-refractivity contribution < 1.29 is 9.90 Å². The molecule has 2 aliphatic rings. The first-order valence-electron chi connectivity index (χ1n) is 12.3. The summed E-state index contributed by atoms with van der Waals surface area (Å²) < 4.78 is 1.64. The molecule has 1 aliphatic carbocycles. The molecule has 0 radical (unpaired) electrons. The highest BCUT2D eigenvalue weighted by molar-refractivity contribution is 5.98. The standard InChI is InChI=1S/C27H32N4O3/c32-23-14-8-7-13-22(23)31-25(20-11-5-2-6-12-20)24(29-27(31)34)26(33)30-16-15-28-18-21(30)17-19-9-3-1-4-10-19/h1-6,9-12,21-23,28,32H,7-8,13-18H2,(H,29,34)/t21-,22+,23+/m1/s1. The summed E-state index contributed by atoms with van der Waals surface area (Å²) in [5.74, 6) is -0.164. The van der Waals surface area contributed by atoms with Gasteiger partial charge in [-0.05, 0) is 24.8 Å². The lowest BCUT2D eigenvalue weighted by Crippen LogP contribution is -2.54. The van der Waals surface area contributed by atoms with Crippen molar-refractivity contribution in [3.05, 3.63) is 82.4 Å². The van der Waals surface area contributed by atoms with E-state index in [0.29, 0.717) is 37.4 Å². The molecule has 3 N–H and O–H groups in total. The predicted octanol–water partition coefficient (Wildman–Crippen LogP) is 2.98. The van der Waals surface area contributed by atoms with Gasteiger partial charge < -0.3 is 20.3 Å². The van der Waals surface area contributed by atoms with Crippen LogP contribution in [0.1, 0.15) is 47.8 Å². The lowest BCUT2D eigenvalue weighted by Gasteiger charge is -2.36. The number of H-pyrrole nitrogens is 1. The van der Waals surface area contributed by atoms with Gasteiger partial charge in [-0.1, -0.05) is 73.5 Å². The van der Waals surface area contributed by atoms with Gasteiger partial charge in [0.15, 0.2) is 0 Å². The topological polar surface area (TPSA) is 90.4 Å². The normalized spacial score (nSPS) is 23.1. The molecule has 2 heterocycles. The number of nitrogens with zero attached hydrogens (tertiary/aromatic N) is 2. The Morgan fingerprint density at radius 1 is 1.00 bits per heavy atom. The van der Waals surface area contributed by atoms with Gasteiger partial charge in [0.25, 0.3) is 5.91 Å². The van der Waals surface area contributed by atoms with Crippen LogP contribution in [0.15, 0.2) is 65.5 Å². The van der Waals surface area contributed by atoms with Crippen LogP contribution in [-0.2, 0) is 6.42 Å². The van der Waals surface area contributed by atoms with Crippen molar-refractivity contribution in [2.75, 3.05) is 19.6 Å². The van der Waals surface area contributed by atoms with E-state index in [9.17, 15) is 14.7 Å². The summed E-state index contributed by atoms with van der Waals surface area (Å²) in [6, 6.07) is 19.4. The summed E-state index contributed by atoms with van der Waals surface area (Å²) in [6.45, 7) is 1.99. The third-order valence-electron chi connectivity index (χ3n) is 7.14. The first-order valence-corrected chi connectivity index (χ1v) is 12.3. The molecule has 3 aromatic rings. The van der Waals surface area contributed by atoms with E-state index in [1.165, 1.54) is 5.56 Å². The van der Waals surface area contributed by atoms with Crippen molar-refractivity contribution in [1.29, 1.82) is 0 Å². The zero-order valence-corrected chi connectivity index (χ0v) is 19.3. The first kappa shape index (κ1) is 22.6. The molecule has 1 aliphatic heterocycles. The Kier molecular flexibility index (Phi) is 6.65. The van der Waals surface area contributed by atoms with Crippen LogP contribution in [0, 0.1) is 0 Å². The molecule has 0 bridgehead atoms. The second-order valence-electron chi connectivity index (χ2n) is 9.36. The fraction of sp³-hybridized carbons (Fsp3) is 0.407. The zero-order chi connectivity index (χ0) is 23.5. The summed E-state index contributed by atoms with van der Waals surface area (Å²) in [5.41, 5.74) is 2.54. The highest BCUT2D eigenvalue weighted by Crippen LogP contribution is 2.33. The maximum atomic E-state index is 14.0. The number of carbonyl (C=O) groups excluding carboxylic acids is 1. The molecule has 2 aromatic carbocycles. The third kappa shape index (κ3) is 4.45. The first-order chi connectivity index (χ1) is 16.6. The molecule has 2 fully saturated rings. The molecule has 1 aromatic heterocycles. The molecule has 1 saturated heterocycles. The fourth-order valence-electron chi connectivity index (χ4n) is 5.43. The van der Waals surface area contributed by atoms with E-state index in [1.807, 2.05) is 53.4 Å². The van der Waals surface area contributed by atoms with Gasteiger partial charge in [0.1, 0.15) is 5.69 Å². The average Bonchev–Trinajstić information content (AvgIpc) is 3.22. The van der Waals surface area contributed by atoms with E-state index in [1.54, 1.807) is 4.57 Å². The van der Waals surface area contributed by atoms with Crippen LogP contribution in [0.25, 0.3) is 11.3 Å². The molecule has 1 amide bonds. The average molecular weight is 461 g/mol. The van der Waals surface area contributed by atoms with Gasteiger partial charge in [-0.3, -0.25) is 9.36 Å². The number of hydrogen-bond donors (Lipinski definition) is 3. The Balaban J connectivity index is 1.55. The molecular weight excluding hydrogens is 428 g/mol. The number of carbonyl (C=O) groups is 1. The number of imidazole rings is 1. The minimum atomic E-state index is -0.599. The molecule has 3 atom stereocenters. The maximum absolute atomic E-state index is 14.0. The minimum absolute atomic E-state index is 0.0144. The molecule has 0 unspecified atom stereocenters. The van der Waals surface area contributed by atoms with Crippen LogP contribution in [0.3, 0.4) is 0 Å². The second-order valence-corrected chi connectivity index (χ2v) is 9.36. The van der Waals surface area contributed by atoms with Crippen molar-refractivity contribution in [1.82, 2.24) is 19.8 Å². The van der Waals surface area contributed by atoms with Gasteiger partial charge in [0.2, 0.25) is 0 Å². The zero-order valence-electron chi connectivity index (χ0n) is 19.3. The Bertz CT molecular complexity index is 1170. The number of piperazine rings is 1. The van der Waals surface area contributed by atoms with E-state index in [2.05, 4.69) is 22.4 Å². The highest BCUT2D eigenvalue weighted by Gasteiger charge is 2.35. The van der Waals surface area contributed by atoms with Crippen molar-refractivity contribution in [2.24, 2.45) is 0 Å². The number of rotatable bonds is 5. The van der Waals surface area contributed by atoms with Gasteiger partial charge in [-0.15, -0.1) is 0 Å². The van der Waals surface area contributed by atoms with Crippen LogP contribution < -0.4 is 11.0 Å². The summed E-state index contributed by atoms with van der Waals surface area (Å²) >= 11 is 0. The molecule has 1 saturated carbocycles. The number of hydrogen-bond acceptors (Lipinski definition) is 4. The van der Waals surface area contributed by atoms with E-state index < -0.39 is 6.10 Å². The Morgan fingerprint density at radius 3 is 2.44 bits per heavy atom. The van der Waals surface area contributed by atoms with Crippen molar-refractivity contribution in [2.45, 2.75) is 50.3 Å². The quantitative estimate of drug-likeness (QED) is 0.546. The van der Waals surface area contributed by atoms with E-state index >= 15 is 0 Å². The van der Waals surface area contributed by atoms with Crippen molar-refractivity contribution in [3.8, 4) is 11.3 Å². The van der Waals surface area contributed by atoms with Gasteiger partial charge in [0, 0.05) is 31.2 Å². The van der Waals surface area contributed by atoms with Gasteiger partial charge >= 0.3 is 5.69 Å². The number of nitrogens with one attached hydrogen (secondary N) is 2. The molecule has 34 heavy (non-hydrogen) atoms. The molecule has 178 valence electrons. The molecule has 7 nitrogen and oxygen atoms in total. The Labute approximate surface area is 199 Å². The van der Waals surface area contributed by atoms with Crippen LogP contribution in [0.5, 0.6) is 0 Å². The summed E-state index contributed by atoms with van der Waals surface area (Å²) in [7, 11) is 0. The highest BCUT2D eigenvalue weighted by atomic mass is 16.3. The summed E-state index contributed by atoms with van der Waals surface area (Å²) in [6.07, 6.45) is 3.43. The molecule has 7 heteroatoms. The number of aromatic amines is 1. The van der Waals surface area contributed by atoms with Gasteiger partial charge in [0.05, 0.1) is 17.8 Å². The van der Waals surface area contributed by atoms with E-state index in [0.717, 1.165) is 31.2 Å². The lowest BCUT2D eigenvalue weighted by molar-refractivity contribution is 0.0629. The Morgan fingerprint density at radius 2 is 1.71 bits per heavy atom.